The van der Waals surface area contributed by atoms with Crippen molar-refractivity contribution in [2.45, 2.75) is 30.8 Å². The number of aromatic amines is 1. The molecule has 0 unspecified atom stereocenters. The van der Waals surface area contributed by atoms with Gasteiger partial charge < -0.3 is 4.98 Å². The Morgan fingerprint density at radius 3 is 2.74 bits per heavy atom. The lowest BCUT2D eigenvalue weighted by Gasteiger charge is -2.52. The predicted molar refractivity (Wildman–Crippen MR) is 114 cm³/mol. The Labute approximate surface area is 180 Å². The van der Waals surface area contributed by atoms with Crippen LogP contribution in [-0.4, -0.2) is 80.8 Å². The summed E-state index contributed by atoms with van der Waals surface area (Å²) in [5, 5.41) is 15.0. The molecule has 10 nitrogen and oxygen atoms in total. The van der Waals surface area contributed by atoms with Gasteiger partial charge in [0.15, 0.2) is 0 Å². The lowest BCUT2D eigenvalue weighted by molar-refractivity contribution is -0.00888. The molecule has 1 N–H and O–H groups in total. The Balaban J connectivity index is 1.33. The molecule has 0 amide bonds. The van der Waals surface area contributed by atoms with Crippen LogP contribution in [0.15, 0.2) is 31.0 Å². The second-order valence-corrected chi connectivity index (χ2v) is 10.4. The molecule has 0 atom stereocenters. The monoisotopic (exact) mass is 440 g/mol. The molecule has 0 bridgehead atoms. The van der Waals surface area contributed by atoms with Crippen molar-refractivity contribution in [2.75, 3.05) is 32.4 Å². The van der Waals surface area contributed by atoms with Crippen molar-refractivity contribution in [3.63, 3.8) is 0 Å². The van der Waals surface area contributed by atoms with E-state index in [-0.39, 0.29) is 5.54 Å². The second kappa shape index (κ2) is 7.40. The van der Waals surface area contributed by atoms with E-state index in [2.05, 4.69) is 31.0 Å². The summed E-state index contributed by atoms with van der Waals surface area (Å²) in [6, 6.07) is 4.62. The van der Waals surface area contributed by atoms with Crippen LogP contribution in [-0.2, 0) is 15.6 Å². The average molecular weight is 441 g/mol. The van der Waals surface area contributed by atoms with Crippen LogP contribution in [0.3, 0.4) is 0 Å². The molecule has 2 aliphatic rings. The van der Waals surface area contributed by atoms with Crippen molar-refractivity contribution in [3.05, 3.63) is 31.0 Å². The topological polar surface area (TPSA) is 124 Å². The smallest absolute Gasteiger partial charge is 0.211 e. The van der Waals surface area contributed by atoms with Gasteiger partial charge >= 0.3 is 0 Å². The minimum Gasteiger partial charge on any atom is -0.346 e. The highest BCUT2D eigenvalue weighted by Crippen LogP contribution is 2.45. The number of piperazine rings is 1. The zero-order valence-corrected chi connectivity index (χ0v) is 18.1. The molecule has 1 aliphatic heterocycles. The molecule has 2 fully saturated rings. The Morgan fingerprint density at radius 2 is 2.03 bits per heavy atom. The van der Waals surface area contributed by atoms with Crippen molar-refractivity contribution in [2.24, 2.45) is 0 Å². The molecule has 3 aromatic rings. The van der Waals surface area contributed by atoms with Crippen molar-refractivity contribution < 1.29 is 8.42 Å². The van der Waals surface area contributed by atoms with Gasteiger partial charge in [0.05, 0.1) is 36.2 Å². The number of nitrogens with one attached hydrogen (secondary N) is 1. The number of hydrogen-bond acceptors (Lipinski definition) is 7. The first-order chi connectivity index (χ1) is 14.9. The van der Waals surface area contributed by atoms with Gasteiger partial charge in [0.25, 0.3) is 0 Å². The molecule has 1 saturated carbocycles. The number of nitriles is 1. The third kappa shape index (κ3) is 3.50. The fourth-order valence-corrected chi connectivity index (χ4v) is 5.67. The molecule has 1 saturated heterocycles. The van der Waals surface area contributed by atoms with E-state index in [0.717, 1.165) is 48.2 Å². The Kier molecular flexibility index (Phi) is 4.80. The van der Waals surface area contributed by atoms with Crippen LogP contribution in [0.5, 0.6) is 0 Å². The maximum absolute atomic E-state index is 11.8. The van der Waals surface area contributed by atoms with Gasteiger partial charge in [0, 0.05) is 55.6 Å². The third-order valence-electron chi connectivity index (χ3n) is 6.59. The van der Waals surface area contributed by atoms with E-state index in [1.165, 1.54) is 16.9 Å². The summed E-state index contributed by atoms with van der Waals surface area (Å²) in [5.41, 5.74) is 2.16. The summed E-state index contributed by atoms with van der Waals surface area (Å²) in [6.45, 7) is 2.48. The molecular weight excluding hydrogens is 416 g/mol. The number of hydrogen-bond donors (Lipinski definition) is 1. The van der Waals surface area contributed by atoms with E-state index in [1.807, 2.05) is 23.1 Å². The van der Waals surface area contributed by atoms with Crippen LogP contribution in [0.25, 0.3) is 22.3 Å². The second-order valence-electron chi connectivity index (χ2n) is 8.46. The first-order valence-electron chi connectivity index (χ1n) is 10.3. The molecule has 162 valence electrons. The first kappa shape index (κ1) is 20.1. The van der Waals surface area contributed by atoms with E-state index < -0.39 is 10.0 Å². The van der Waals surface area contributed by atoms with E-state index in [9.17, 15) is 13.7 Å². The fraction of sp³-hybridized carbons (Fsp3) is 0.500. The quantitative estimate of drug-likeness (QED) is 0.631. The highest BCUT2D eigenvalue weighted by molar-refractivity contribution is 7.88. The summed E-state index contributed by atoms with van der Waals surface area (Å²) >= 11 is 0. The molecule has 4 heterocycles. The summed E-state index contributed by atoms with van der Waals surface area (Å²) in [7, 11) is -3.14. The van der Waals surface area contributed by atoms with Crippen LogP contribution in [0.4, 0.5) is 0 Å². The van der Waals surface area contributed by atoms with Gasteiger partial charge in [-0.2, -0.15) is 14.7 Å². The highest BCUT2D eigenvalue weighted by Gasteiger charge is 2.49. The van der Waals surface area contributed by atoms with Crippen molar-refractivity contribution in [1.29, 1.82) is 5.26 Å². The maximum atomic E-state index is 11.8. The molecule has 5 rings (SSSR count). The van der Waals surface area contributed by atoms with Gasteiger partial charge in [-0.15, -0.1) is 0 Å². The lowest BCUT2D eigenvalue weighted by atomic mass is 9.70. The summed E-state index contributed by atoms with van der Waals surface area (Å²) in [6.07, 6.45) is 10.4. The van der Waals surface area contributed by atoms with E-state index >= 15 is 0 Å². The molecule has 0 radical (unpaired) electrons. The zero-order valence-electron chi connectivity index (χ0n) is 17.3. The average Bonchev–Trinajstić information content (AvgIpc) is 3.39. The minimum atomic E-state index is -3.14. The Hall–Kier alpha value is -2.81. The van der Waals surface area contributed by atoms with Crippen molar-refractivity contribution >= 4 is 21.1 Å². The Morgan fingerprint density at radius 1 is 1.26 bits per heavy atom. The van der Waals surface area contributed by atoms with Crippen LogP contribution in [0, 0.1) is 11.3 Å². The molecule has 1 aliphatic carbocycles. The van der Waals surface area contributed by atoms with Crippen molar-refractivity contribution in [3.8, 4) is 17.3 Å². The number of nitrogens with zero attached hydrogens (tertiary/aromatic N) is 7. The molecule has 3 aromatic heterocycles. The van der Waals surface area contributed by atoms with Gasteiger partial charge in [0.2, 0.25) is 10.0 Å². The van der Waals surface area contributed by atoms with E-state index in [4.69, 9.17) is 0 Å². The summed E-state index contributed by atoms with van der Waals surface area (Å²) < 4.78 is 27.0. The number of H-pyrrole nitrogens is 1. The van der Waals surface area contributed by atoms with Gasteiger partial charge in [-0.25, -0.2) is 18.4 Å². The molecule has 0 spiro atoms. The van der Waals surface area contributed by atoms with Crippen LogP contribution in [0.1, 0.15) is 19.3 Å². The number of rotatable bonds is 5. The lowest BCUT2D eigenvalue weighted by Crippen LogP contribution is -2.60. The van der Waals surface area contributed by atoms with Gasteiger partial charge in [-0.3, -0.25) is 9.58 Å². The van der Waals surface area contributed by atoms with E-state index in [0.29, 0.717) is 25.6 Å². The number of aromatic nitrogens is 5. The number of fused-ring (bicyclic) bond motifs is 1. The van der Waals surface area contributed by atoms with Crippen molar-refractivity contribution in [1.82, 2.24) is 33.9 Å². The third-order valence-corrected chi connectivity index (χ3v) is 7.90. The van der Waals surface area contributed by atoms with Gasteiger partial charge in [-0.05, 0) is 18.9 Å². The normalized spacial score (nSPS) is 25.4. The Bertz CT molecular complexity index is 1240. The molecule has 0 aromatic carbocycles. The van der Waals surface area contributed by atoms with Gasteiger partial charge in [0.1, 0.15) is 12.0 Å². The molecule has 11 heteroatoms. The summed E-state index contributed by atoms with van der Waals surface area (Å²) in [4.78, 5) is 14.1. The minimum absolute atomic E-state index is 0.332. The van der Waals surface area contributed by atoms with E-state index in [1.54, 1.807) is 6.20 Å². The van der Waals surface area contributed by atoms with Gasteiger partial charge in [-0.1, -0.05) is 0 Å². The highest BCUT2D eigenvalue weighted by atomic mass is 32.2. The summed E-state index contributed by atoms with van der Waals surface area (Å²) in [5.74, 6) is 0. The maximum Gasteiger partial charge on any atom is 0.211 e. The fourth-order valence-electron chi connectivity index (χ4n) is 4.84. The first-order valence-corrected chi connectivity index (χ1v) is 12.1. The SMILES string of the molecule is CS(=O)(=O)N1CCN([C@H]2C[C@@](CC#N)(n3cc(-c4ncnc5[nH]ccc45)cn3)C2)CC1. The molecule has 31 heavy (non-hydrogen) atoms. The zero-order chi connectivity index (χ0) is 21.6. The van der Waals surface area contributed by atoms with Crippen LogP contribution in [0.2, 0.25) is 0 Å². The van der Waals surface area contributed by atoms with Crippen LogP contribution >= 0.6 is 0 Å². The molecular formula is C20H24N8O2S. The predicted octanol–water partition coefficient (Wildman–Crippen LogP) is 1.17. The standard InChI is InChI=1S/C20H24N8O2S/c1-31(29,30)27-8-6-26(7-9-27)16-10-20(11-16,3-4-21)28-13-15(12-25-28)18-17-2-5-22-19(17)24-14-23-18/h2,5,12-14,16H,3,6-11H2,1H3,(H,22,23,24)/t16-,20+. The largest absolute Gasteiger partial charge is 0.346 e. The van der Waals surface area contributed by atoms with Crippen LogP contribution < -0.4 is 0 Å². The number of sulfonamides is 1.